The van der Waals surface area contributed by atoms with Gasteiger partial charge in [0.25, 0.3) is 0 Å². The molecular weight excluding hydrogens is 172 g/mol. The van der Waals surface area contributed by atoms with Gasteiger partial charge in [-0.25, -0.2) is 0 Å². The van der Waals surface area contributed by atoms with Crippen molar-refractivity contribution in [2.24, 2.45) is 11.7 Å². The van der Waals surface area contributed by atoms with E-state index in [0.717, 1.165) is 12.5 Å². The largest absolute Gasteiger partial charge is 0.330 e. The van der Waals surface area contributed by atoms with Crippen LogP contribution < -0.4 is 5.73 Å². The van der Waals surface area contributed by atoms with E-state index in [9.17, 15) is 0 Å². The number of aromatic nitrogens is 1. The van der Waals surface area contributed by atoms with Crippen LogP contribution >= 0.6 is 0 Å². The molecule has 0 spiro atoms. The first-order chi connectivity index (χ1) is 6.80. The van der Waals surface area contributed by atoms with E-state index < -0.39 is 0 Å². The Morgan fingerprint density at radius 2 is 2.07 bits per heavy atom. The molecule has 0 aliphatic heterocycles. The van der Waals surface area contributed by atoms with E-state index in [4.69, 9.17) is 5.73 Å². The Morgan fingerprint density at radius 3 is 2.57 bits per heavy atom. The molecule has 0 bridgehead atoms. The van der Waals surface area contributed by atoms with E-state index >= 15 is 0 Å². The molecule has 1 saturated carbocycles. The van der Waals surface area contributed by atoms with Gasteiger partial charge in [-0.2, -0.15) is 0 Å². The molecule has 76 valence electrons. The summed E-state index contributed by atoms with van der Waals surface area (Å²) >= 11 is 0. The van der Waals surface area contributed by atoms with E-state index in [0.29, 0.717) is 0 Å². The lowest BCUT2D eigenvalue weighted by atomic mass is 9.58. The number of nitrogens with two attached hydrogens (primary N) is 1. The van der Waals surface area contributed by atoms with Crippen molar-refractivity contribution in [3.63, 3.8) is 0 Å². The minimum Gasteiger partial charge on any atom is -0.330 e. The molecule has 1 aliphatic carbocycles. The molecule has 1 aromatic rings. The third-order valence-electron chi connectivity index (χ3n) is 3.62. The van der Waals surface area contributed by atoms with E-state index in [1.54, 1.807) is 0 Å². The molecule has 2 heteroatoms. The number of hydrogen-bond donors (Lipinski definition) is 1. The van der Waals surface area contributed by atoms with Crippen molar-refractivity contribution >= 4 is 0 Å². The Labute approximate surface area is 85.5 Å². The molecule has 1 heterocycles. The summed E-state index contributed by atoms with van der Waals surface area (Å²) in [6.45, 7) is 3.03. The van der Waals surface area contributed by atoms with E-state index in [2.05, 4.69) is 24.0 Å². The third-order valence-corrected chi connectivity index (χ3v) is 3.62. The second kappa shape index (κ2) is 3.70. The number of nitrogens with zero attached hydrogens (tertiary/aromatic N) is 1. The van der Waals surface area contributed by atoms with Gasteiger partial charge >= 0.3 is 0 Å². The maximum atomic E-state index is 5.90. The van der Waals surface area contributed by atoms with Crippen molar-refractivity contribution in [3.8, 4) is 0 Å². The second-order valence-corrected chi connectivity index (χ2v) is 4.40. The summed E-state index contributed by atoms with van der Waals surface area (Å²) in [5.74, 6) is 0.881. The lowest BCUT2D eigenvalue weighted by molar-refractivity contribution is 0.144. The highest BCUT2D eigenvalue weighted by Crippen LogP contribution is 2.48. The highest BCUT2D eigenvalue weighted by molar-refractivity contribution is 5.27. The zero-order valence-electron chi connectivity index (χ0n) is 8.74. The molecule has 0 unspecified atom stereocenters. The van der Waals surface area contributed by atoms with Crippen LogP contribution in [-0.4, -0.2) is 11.5 Å². The van der Waals surface area contributed by atoms with Gasteiger partial charge in [0, 0.05) is 24.4 Å². The quantitative estimate of drug-likeness (QED) is 0.792. The highest BCUT2D eigenvalue weighted by atomic mass is 14.7. The van der Waals surface area contributed by atoms with Crippen molar-refractivity contribution in [3.05, 3.63) is 30.1 Å². The van der Waals surface area contributed by atoms with Crippen LogP contribution in [0.25, 0.3) is 0 Å². The Kier molecular flexibility index (Phi) is 2.55. The van der Waals surface area contributed by atoms with Gasteiger partial charge in [0.1, 0.15) is 0 Å². The number of pyridine rings is 1. The Bertz CT molecular complexity index is 288. The third kappa shape index (κ3) is 1.44. The minimum atomic E-state index is 0.267. The second-order valence-electron chi connectivity index (χ2n) is 4.40. The summed E-state index contributed by atoms with van der Waals surface area (Å²) < 4.78 is 0. The van der Waals surface area contributed by atoms with Crippen LogP contribution in [0.3, 0.4) is 0 Å². The molecule has 1 fully saturated rings. The average Bonchev–Trinajstić information content (AvgIpc) is 2.19. The lowest BCUT2D eigenvalue weighted by Gasteiger charge is -2.47. The van der Waals surface area contributed by atoms with Gasteiger partial charge in [-0.3, -0.25) is 4.98 Å². The van der Waals surface area contributed by atoms with Crippen LogP contribution in [0.4, 0.5) is 0 Å². The molecule has 0 atom stereocenters. The molecule has 2 rings (SSSR count). The SMILES string of the molecule is CCC1CC(CN)(c2ccncc2)C1. The first kappa shape index (κ1) is 9.66. The zero-order valence-corrected chi connectivity index (χ0v) is 8.74. The summed E-state index contributed by atoms with van der Waals surface area (Å²) in [6, 6.07) is 4.22. The molecule has 1 aliphatic rings. The smallest absolute Gasteiger partial charge is 0.0270 e. The van der Waals surface area contributed by atoms with Crippen molar-refractivity contribution in [2.75, 3.05) is 6.54 Å². The van der Waals surface area contributed by atoms with Gasteiger partial charge in [0.2, 0.25) is 0 Å². The monoisotopic (exact) mass is 190 g/mol. The Balaban J connectivity index is 2.16. The van der Waals surface area contributed by atoms with Crippen LogP contribution in [0, 0.1) is 5.92 Å². The normalized spacial score (nSPS) is 31.1. The van der Waals surface area contributed by atoms with Crippen LogP contribution in [0.1, 0.15) is 31.7 Å². The van der Waals surface area contributed by atoms with Crippen LogP contribution in [0.2, 0.25) is 0 Å². The van der Waals surface area contributed by atoms with E-state index in [1.165, 1.54) is 24.8 Å². The molecule has 0 aromatic carbocycles. The molecule has 1 aromatic heterocycles. The van der Waals surface area contributed by atoms with Gasteiger partial charge in [0.15, 0.2) is 0 Å². The highest BCUT2D eigenvalue weighted by Gasteiger charge is 2.43. The maximum Gasteiger partial charge on any atom is 0.0270 e. The standard InChI is InChI=1S/C12H18N2/c1-2-10-7-12(8-10,9-13)11-3-5-14-6-4-11/h3-6,10H,2,7-9,13H2,1H3. The fourth-order valence-corrected chi connectivity index (χ4v) is 2.56. The Hall–Kier alpha value is -0.890. The van der Waals surface area contributed by atoms with Gasteiger partial charge in [-0.15, -0.1) is 0 Å². The predicted molar refractivity (Wildman–Crippen MR) is 58.0 cm³/mol. The molecule has 0 amide bonds. The van der Waals surface area contributed by atoms with Crippen molar-refractivity contribution < 1.29 is 0 Å². The number of hydrogen-bond acceptors (Lipinski definition) is 2. The molecule has 2 nitrogen and oxygen atoms in total. The topological polar surface area (TPSA) is 38.9 Å². The predicted octanol–water partition coefficient (Wildman–Crippen LogP) is 2.10. The van der Waals surface area contributed by atoms with Crippen LogP contribution in [0.15, 0.2) is 24.5 Å². The van der Waals surface area contributed by atoms with Gasteiger partial charge < -0.3 is 5.73 Å². The number of rotatable bonds is 3. The Morgan fingerprint density at radius 1 is 1.43 bits per heavy atom. The summed E-state index contributed by atoms with van der Waals surface area (Å²) in [6.07, 6.45) is 7.53. The van der Waals surface area contributed by atoms with E-state index in [-0.39, 0.29) is 5.41 Å². The van der Waals surface area contributed by atoms with Gasteiger partial charge in [0.05, 0.1) is 0 Å². The molecule has 0 radical (unpaired) electrons. The van der Waals surface area contributed by atoms with Crippen LogP contribution in [0.5, 0.6) is 0 Å². The van der Waals surface area contributed by atoms with Crippen molar-refractivity contribution in [1.82, 2.24) is 4.98 Å². The van der Waals surface area contributed by atoms with Crippen molar-refractivity contribution in [1.29, 1.82) is 0 Å². The van der Waals surface area contributed by atoms with Crippen LogP contribution in [-0.2, 0) is 5.41 Å². The fraction of sp³-hybridized carbons (Fsp3) is 0.583. The molecule has 0 saturated heterocycles. The van der Waals surface area contributed by atoms with E-state index in [1.807, 2.05) is 12.4 Å². The average molecular weight is 190 g/mol. The minimum absolute atomic E-state index is 0.267. The van der Waals surface area contributed by atoms with Gasteiger partial charge in [-0.05, 0) is 36.5 Å². The summed E-state index contributed by atoms with van der Waals surface area (Å²) in [5.41, 5.74) is 7.54. The fourth-order valence-electron chi connectivity index (χ4n) is 2.56. The molecule has 14 heavy (non-hydrogen) atoms. The zero-order chi connectivity index (χ0) is 10.0. The maximum absolute atomic E-state index is 5.90. The first-order valence-electron chi connectivity index (χ1n) is 5.41. The summed E-state index contributed by atoms with van der Waals surface area (Å²) in [5, 5.41) is 0. The lowest BCUT2D eigenvalue weighted by Crippen LogP contribution is -2.46. The van der Waals surface area contributed by atoms with Crippen molar-refractivity contribution in [2.45, 2.75) is 31.6 Å². The molecule has 2 N–H and O–H groups in total. The summed E-state index contributed by atoms with van der Waals surface area (Å²) in [7, 11) is 0. The molecular formula is C12H18N2. The first-order valence-corrected chi connectivity index (χ1v) is 5.41. The summed E-state index contributed by atoms with van der Waals surface area (Å²) in [4.78, 5) is 4.05. The van der Waals surface area contributed by atoms with Gasteiger partial charge in [-0.1, -0.05) is 13.3 Å².